The third kappa shape index (κ3) is 4.17. The first-order chi connectivity index (χ1) is 13.0. The molecule has 3 nitrogen and oxygen atoms in total. The number of carbonyl (C=O) groups excluding carboxylic acids is 1. The maximum absolute atomic E-state index is 13.2. The number of anilines is 1. The second-order valence-corrected chi connectivity index (χ2v) is 9.92. The topological polar surface area (TPSA) is 29.5 Å². The number of hydrogen-bond donors (Lipinski definition) is 0. The lowest BCUT2D eigenvalue weighted by molar-refractivity contribution is -0.136. The Kier molecular flexibility index (Phi) is 5.73. The molecule has 0 saturated heterocycles. The van der Waals surface area contributed by atoms with E-state index in [0.717, 1.165) is 22.4 Å². The monoisotopic (exact) mass is 437 g/mol. The largest absolute Gasteiger partial charge is 0.425 e. The Morgan fingerprint density at radius 2 is 1.71 bits per heavy atom. The number of rotatable bonds is 3. The minimum absolute atomic E-state index is 0.401. The Hall–Kier alpha value is -1.68. The first kappa shape index (κ1) is 21.0. The van der Waals surface area contributed by atoms with Gasteiger partial charge in [0.15, 0.2) is 6.04 Å². The summed E-state index contributed by atoms with van der Waals surface area (Å²) < 4.78 is 3.67. The van der Waals surface area contributed by atoms with E-state index in [1.54, 1.807) is 24.3 Å². The van der Waals surface area contributed by atoms with Gasteiger partial charge in [0.1, 0.15) is 5.75 Å². The highest BCUT2D eigenvalue weighted by Gasteiger charge is 2.50. The first-order valence-corrected chi connectivity index (χ1v) is 10.1. The van der Waals surface area contributed by atoms with E-state index in [-0.39, 0.29) is 0 Å². The van der Waals surface area contributed by atoms with Crippen LogP contribution in [0.4, 0.5) is 5.69 Å². The SMILES string of the molecule is CC1=CC(C)(C)N(C(C(=O)Oc2ccccc2)C(Cl)(Cl)Cl)c2cc(C)ccc21. The summed E-state index contributed by atoms with van der Waals surface area (Å²) in [5, 5.41) is 0. The van der Waals surface area contributed by atoms with E-state index in [9.17, 15) is 4.79 Å². The highest BCUT2D eigenvalue weighted by atomic mass is 35.6. The second kappa shape index (κ2) is 7.62. The van der Waals surface area contributed by atoms with Crippen molar-refractivity contribution in [3.63, 3.8) is 0 Å². The molecule has 1 atom stereocenters. The summed E-state index contributed by atoms with van der Waals surface area (Å²) in [5.41, 5.74) is 3.42. The third-order valence-corrected chi connectivity index (χ3v) is 5.40. The van der Waals surface area contributed by atoms with Gasteiger partial charge in [-0.1, -0.05) is 71.2 Å². The lowest BCUT2D eigenvalue weighted by Crippen LogP contribution is -2.60. The predicted molar refractivity (Wildman–Crippen MR) is 118 cm³/mol. The van der Waals surface area contributed by atoms with Crippen molar-refractivity contribution in [1.82, 2.24) is 0 Å². The molecule has 0 radical (unpaired) electrons. The molecule has 1 aliphatic heterocycles. The Balaban J connectivity index is 2.12. The molecular formula is C22H22Cl3NO2. The van der Waals surface area contributed by atoms with Crippen molar-refractivity contribution in [2.75, 3.05) is 4.90 Å². The number of halogens is 3. The van der Waals surface area contributed by atoms with Crippen molar-refractivity contribution in [2.24, 2.45) is 0 Å². The lowest BCUT2D eigenvalue weighted by Gasteiger charge is -2.48. The van der Waals surface area contributed by atoms with E-state index in [2.05, 4.69) is 6.08 Å². The van der Waals surface area contributed by atoms with Crippen molar-refractivity contribution in [3.8, 4) is 5.75 Å². The van der Waals surface area contributed by atoms with Gasteiger partial charge in [0.25, 0.3) is 0 Å². The molecule has 2 aromatic carbocycles. The standard InChI is InChI=1S/C22H22Cl3NO2/c1-14-10-11-17-15(2)13-21(3,4)26(18(17)12-14)19(22(23,24)25)20(27)28-16-8-6-5-7-9-16/h5-13,19H,1-4H3. The molecule has 0 aromatic heterocycles. The Morgan fingerprint density at radius 3 is 2.32 bits per heavy atom. The van der Waals surface area contributed by atoms with Crippen LogP contribution in [0.15, 0.2) is 54.6 Å². The third-order valence-electron chi connectivity index (χ3n) is 4.78. The zero-order valence-electron chi connectivity index (χ0n) is 16.2. The molecule has 2 aromatic rings. The zero-order valence-corrected chi connectivity index (χ0v) is 18.4. The molecule has 1 unspecified atom stereocenters. The van der Waals surface area contributed by atoms with Crippen LogP contribution in [0.2, 0.25) is 0 Å². The minimum atomic E-state index is -1.90. The summed E-state index contributed by atoms with van der Waals surface area (Å²) in [5.74, 6) is -0.225. The normalized spacial score (nSPS) is 16.8. The number of aryl methyl sites for hydroxylation is 1. The highest BCUT2D eigenvalue weighted by Crippen LogP contribution is 2.46. The van der Waals surface area contributed by atoms with Crippen LogP contribution in [-0.2, 0) is 4.79 Å². The summed E-state index contributed by atoms with van der Waals surface area (Å²) >= 11 is 19.0. The molecule has 0 bridgehead atoms. The minimum Gasteiger partial charge on any atom is -0.425 e. The molecule has 28 heavy (non-hydrogen) atoms. The molecule has 0 N–H and O–H groups in total. The summed E-state index contributed by atoms with van der Waals surface area (Å²) in [7, 11) is 0. The molecule has 148 valence electrons. The van der Waals surface area contributed by atoms with E-state index in [4.69, 9.17) is 39.5 Å². The van der Waals surface area contributed by atoms with E-state index >= 15 is 0 Å². The Labute approximate surface area is 180 Å². The van der Waals surface area contributed by atoms with E-state index in [1.165, 1.54) is 0 Å². The van der Waals surface area contributed by atoms with Crippen molar-refractivity contribution < 1.29 is 9.53 Å². The van der Waals surface area contributed by atoms with Crippen LogP contribution in [0, 0.1) is 6.92 Å². The zero-order chi connectivity index (χ0) is 20.7. The fraction of sp³-hybridized carbons (Fsp3) is 0.318. The van der Waals surface area contributed by atoms with Gasteiger partial charge >= 0.3 is 5.97 Å². The Morgan fingerprint density at radius 1 is 1.07 bits per heavy atom. The van der Waals surface area contributed by atoms with Crippen molar-refractivity contribution in [1.29, 1.82) is 0 Å². The number of benzene rings is 2. The number of ether oxygens (including phenoxy) is 1. The lowest BCUT2D eigenvalue weighted by atomic mass is 9.87. The smallest absolute Gasteiger partial charge is 0.338 e. The molecule has 0 saturated carbocycles. The maximum atomic E-state index is 13.2. The van der Waals surface area contributed by atoms with Crippen molar-refractivity contribution in [2.45, 2.75) is 43.1 Å². The summed E-state index contributed by atoms with van der Waals surface area (Å²) in [6.45, 7) is 8.01. The number of para-hydroxylation sites is 1. The number of allylic oxidation sites excluding steroid dienone is 1. The number of carbonyl (C=O) groups is 1. The molecule has 0 amide bonds. The summed E-state index contributed by atoms with van der Waals surface area (Å²) in [6, 6.07) is 13.7. The summed E-state index contributed by atoms with van der Waals surface area (Å²) in [6.07, 6.45) is 2.07. The van der Waals surface area contributed by atoms with Gasteiger partial charge in [0.2, 0.25) is 3.79 Å². The van der Waals surface area contributed by atoms with Gasteiger partial charge in [-0.05, 0) is 57.0 Å². The van der Waals surface area contributed by atoms with Crippen LogP contribution >= 0.6 is 34.8 Å². The molecule has 6 heteroatoms. The number of alkyl halides is 3. The molecule has 3 rings (SSSR count). The Bertz CT molecular complexity index is 917. The molecule has 0 spiro atoms. The predicted octanol–water partition coefficient (Wildman–Crippen LogP) is 6.34. The van der Waals surface area contributed by atoms with Crippen LogP contribution in [0.5, 0.6) is 5.75 Å². The molecule has 0 aliphatic carbocycles. The van der Waals surface area contributed by atoms with E-state index < -0.39 is 21.3 Å². The van der Waals surface area contributed by atoms with Crippen LogP contribution in [0.3, 0.4) is 0 Å². The van der Waals surface area contributed by atoms with Crippen LogP contribution in [0.1, 0.15) is 31.9 Å². The molecule has 0 fully saturated rings. The van der Waals surface area contributed by atoms with Gasteiger partial charge in [-0.15, -0.1) is 0 Å². The number of nitrogens with zero attached hydrogens (tertiary/aromatic N) is 1. The van der Waals surface area contributed by atoms with E-state index in [0.29, 0.717) is 5.75 Å². The molecule has 1 aliphatic rings. The van der Waals surface area contributed by atoms with Gasteiger partial charge in [-0.25, -0.2) is 4.79 Å². The quantitative estimate of drug-likeness (QED) is 0.318. The van der Waals surface area contributed by atoms with Crippen molar-refractivity contribution >= 4 is 52.0 Å². The fourth-order valence-electron chi connectivity index (χ4n) is 3.68. The molecular weight excluding hydrogens is 417 g/mol. The average molecular weight is 439 g/mol. The number of esters is 1. The highest BCUT2D eigenvalue weighted by molar-refractivity contribution is 6.69. The van der Waals surface area contributed by atoms with Gasteiger partial charge in [0.05, 0.1) is 5.54 Å². The fourth-order valence-corrected chi connectivity index (χ4v) is 4.24. The number of fused-ring (bicyclic) bond motifs is 1. The van der Waals surface area contributed by atoms with Crippen LogP contribution < -0.4 is 9.64 Å². The second-order valence-electron chi connectivity index (χ2n) is 7.55. The van der Waals surface area contributed by atoms with Gasteiger partial charge in [-0.3, -0.25) is 0 Å². The number of hydrogen-bond acceptors (Lipinski definition) is 3. The average Bonchev–Trinajstić information content (AvgIpc) is 2.57. The van der Waals surface area contributed by atoms with Gasteiger partial charge in [0, 0.05) is 11.3 Å². The molecule has 1 heterocycles. The maximum Gasteiger partial charge on any atom is 0.338 e. The summed E-state index contributed by atoms with van der Waals surface area (Å²) in [4.78, 5) is 15.0. The van der Waals surface area contributed by atoms with Gasteiger partial charge < -0.3 is 9.64 Å². The van der Waals surface area contributed by atoms with E-state index in [1.807, 2.05) is 56.9 Å². The van der Waals surface area contributed by atoms with Gasteiger partial charge in [-0.2, -0.15) is 0 Å². The van der Waals surface area contributed by atoms with Crippen LogP contribution in [0.25, 0.3) is 5.57 Å². The van der Waals surface area contributed by atoms with Crippen LogP contribution in [-0.4, -0.2) is 21.3 Å². The van der Waals surface area contributed by atoms with Crippen molar-refractivity contribution in [3.05, 3.63) is 65.7 Å². The first-order valence-electron chi connectivity index (χ1n) is 8.94.